The van der Waals surface area contributed by atoms with Crippen LogP contribution in [0.1, 0.15) is 11.1 Å². The van der Waals surface area contributed by atoms with E-state index >= 15 is 0 Å². The fraction of sp³-hybridized carbons (Fsp3) is 0.158. The number of nitrogens with zero attached hydrogens (tertiary/aromatic N) is 1. The summed E-state index contributed by atoms with van der Waals surface area (Å²) in [6.07, 6.45) is 1.37. The molecule has 7 heteroatoms. The molecule has 1 heterocycles. The predicted molar refractivity (Wildman–Crippen MR) is 94.6 cm³/mol. The van der Waals surface area contributed by atoms with E-state index in [9.17, 15) is 15.2 Å². The molecule has 26 heavy (non-hydrogen) atoms. The van der Waals surface area contributed by atoms with Crippen molar-refractivity contribution in [3.63, 3.8) is 0 Å². The molecular weight excluding hydrogens is 334 g/mol. The number of phenolic OH excluding ortho intramolecular Hbond substituents is 1. The quantitative estimate of drug-likeness (QED) is 0.434. The van der Waals surface area contributed by atoms with Gasteiger partial charge in [0.1, 0.15) is 17.4 Å². The maximum absolute atomic E-state index is 12.2. The number of fused-ring (bicyclic) bond motifs is 1. The predicted octanol–water partition coefficient (Wildman–Crippen LogP) is 2.57. The lowest BCUT2D eigenvalue weighted by molar-refractivity contribution is -0.112. The van der Waals surface area contributed by atoms with Gasteiger partial charge in [-0.3, -0.25) is 4.79 Å². The highest BCUT2D eigenvalue weighted by atomic mass is 16.7. The van der Waals surface area contributed by atoms with Crippen LogP contribution >= 0.6 is 0 Å². The number of nitriles is 1. The molecule has 1 aliphatic rings. The number of nitrogens with one attached hydrogen (secondary N) is 2. The standard InChI is InChI=1S/C19H17N3O4/c1-12-6-15(23)3-4-16(12)22-19(24)14(8-20)10-21-9-13-2-5-17-18(7-13)26-11-25-17/h2-7,10,21,23H,9,11H2,1H3,(H,22,24)/b14-10-. The van der Waals surface area contributed by atoms with E-state index in [0.717, 1.165) is 5.56 Å². The fourth-order valence-electron chi connectivity index (χ4n) is 2.45. The molecule has 2 aromatic carbocycles. The van der Waals surface area contributed by atoms with Crippen molar-refractivity contribution in [2.75, 3.05) is 12.1 Å². The molecule has 0 saturated carbocycles. The number of amides is 1. The molecule has 7 nitrogen and oxygen atoms in total. The van der Waals surface area contributed by atoms with Crippen molar-refractivity contribution in [3.8, 4) is 23.3 Å². The van der Waals surface area contributed by atoms with Crippen LogP contribution in [0.3, 0.4) is 0 Å². The van der Waals surface area contributed by atoms with Gasteiger partial charge < -0.3 is 25.2 Å². The van der Waals surface area contributed by atoms with Gasteiger partial charge in [-0.15, -0.1) is 0 Å². The number of hydrogen-bond acceptors (Lipinski definition) is 6. The Balaban J connectivity index is 1.62. The summed E-state index contributed by atoms with van der Waals surface area (Å²) in [7, 11) is 0. The molecule has 0 bridgehead atoms. The number of aryl methyl sites for hydroxylation is 1. The molecule has 0 atom stereocenters. The summed E-state index contributed by atoms with van der Waals surface area (Å²) < 4.78 is 10.6. The molecule has 0 unspecified atom stereocenters. The molecule has 132 valence electrons. The van der Waals surface area contributed by atoms with Crippen molar-refractivity contribution in [3.05, 3.63) is 59.3 Å². The van der Waals surface area contributed by atoms with E-state index in [2.05, 4.69) is 10.6 Å². The minimum absolute atomic E-state index is 0.0572. The van der Waals surface area contributed by atoms with Gasteiger partial charge in [-0.2, -0.15) is 5.26 Å². The molecule has 0 saturated heterocycles. The van der Waals surface area contributed by atoms with E-state index in [1.54, 1.807) is 13.0 Å². The molecule has 1 aliphatic heterocycles. The number of carbonyl (C=O) groups excluding carboxylic acids is 1. The molecule has 0 radical (unpaired) electrons. The summed E-state index contributed by atoms with van der Waals surface area (Å²) in [6.45, 7) is 2.39. The molecule has 0 aromatic heterocycles. The van der Waals surface area contributed by atoms with Gasteiger partial charge in [0.15, 0.2) is 11.5 Å². The topological polar surface area (TPSA) is 104 Å². The molecule has 0 fully saturated rings. The first kappa shape index (κ1) is 17.2. The molecule has 0 aliphatic carbocycles. The number of aromatic hydroxyl groups is 1. The number of benzene rings is 2. The monoisotopic (exact) mass is 351 g/mol. The Hall–Kier alpha value is -3.66. The number of rotatable bonds is 5. The fourth-order valence-corrected chi connectivity index (χ4v) is 2.45. The number of ether oxygens (including phenoxy) is 2. The summed E-state index contributed by atoms with van der Waals surface area (Å²) in [4.78, 5) is 12.2. The summed E-state index contributed by atoms with van der Waals surface area (Å²) in [5.74, 6) is 0.960. The Morgan fingerprint density at radius 3 is 2.85 bits per heavy atom. The van der Waals surface area contributed by atoms with E-state index in [1.165, 1.54) is 18.3 Å². The smallest absolute Gasteiger partial charge is 0.267 e. The maximum atomic E-state index is 12.2. The normalized spacial score (nSPS) is 12.4. The number of phenols is 1. The van der Waals surface area contributed by atoms with Crippen LogP contribution in [0, 0.1) is 18.3 Å². The third-order valence-corrected chi connectivity index (χ3v) is 3.81. The second kappa shape index (κ2) is 7.49. The first-order chi connectivity index (χ1) is 12.6. The minimum Gasteiger partial charge on any atom is -0.508 e. The maximum Gasteiger partial charge on any atom is 0.267 e. The van der Waals surface area contributed by atoms with Crippen LogP contribution in [0.15, 0.2) is 48.2 Å². The lowest BCUT2D eigenvalue weighted by Gasteiger charge is -2.08. The van der Waals surface area contributed by atoms with Crippen molar-refractivity contribution < 1.29 is 19.4 Å². The van der Waals surface area contributed by atoms with Crippen molar-refractivity contribution in [2.45, 2.75) is 13.5 Å². The van der Waals surface area contributed by atoms with Gasteiger partial charge >= 0.3 is 0 Å². The Morgan fingerprint density at radius 2 is 2.08 bits per heavy atom. The molecule has 3 N–H and O–H groups in total. The van der Waals surface area contributed by atoms with Gasteiger partial charge in [-0.25, -0.2) is 0 Å². The van der Waals surface area contributed by atoms with E-state index in [-0.39, 0.29) is 18.1 Å². The second-order valence-corrected chi connectivity index (χ2v) is 5.69. The molecule has 3 rings (SSSR count). The van der Waals surface area contributed by atoms with Crippen LogP contribution in [0.5, 0.6) is 17.2 Å². The zero-order valence-corrected chi connectivity index (χ0v) is 14.1. The van der Waals surface area contributed by atoms with Gasteiger partial charge in [0.25, 0.3) is 5.91 Å². The zero-order valence-electron chi connectivity index (χ0n) is 14.1. The molecular formula is C19H17N3O4. The number of hydrogen-bond donors (Lipinski definition) is 3. The minimum atomic E-state index is -0.528. The largest absolute Gasteiger partial charge is 0.508 e. The van der Waals surface area contributed by atoms with E-state index in [4.69, 9.17) is 9.47 Å². The van der Waals surface area contributed by atoms with Gasteiger partial charge in [0, 0.05) is 18.4 Å². The molecule has 2 aromatic rings. The van der Waals surface area contributed by atoms with Crippen LogP contribution in [0.25, 0.3) is 0 Å². The van der Waals surface area contributed by atoms with Crippen LogP contribution in [0.2, 0.25) is 0 Å². The average molecular weight is 351 g/mol. The van der Waals surface area contributed by atoms with E-state index < -0.39 is 5.91 Å². The van der Waals surface area contributed by atoms with Gasteiger partial charge in [0.2, 0.25) is 6.79 Å². The third-order valence-electron chi connectivity index (χ3n) is 3.81. The number of anilines is 1. The van der Waals surface area contributed by atoms with Crippen molar-refractivity contribution >= 4 is 11.6 Å². The molecule has 1 amide bonds. The van der Waals surface area contributed by atoms with Gasteiger partial charge in [-0.1, -0.05) is 6.07 Å². The van der Waals surface area contributed by atoms with Gasteiger partial charge in [0.05, 0.1) is 0 Å². The first-order valence-corrected chi connectivity index (χ1v) is 7.90. The second-order valence-electron chi connectivity index (χ2n) is 5.69. The van der Waals surface area contributed by atoms with Crippen LogP contribution in [-0.4, -0.2) is 17.8 Å². The average Bonchev–Trinajstić information content (AvgIpc) is 3.09. The summed E-state index contributed by atoms with van der Waals surface area (Å²) >= 11 is 0. The molecule has 0 spiro atoms. The summed E-state index contributed by atoms with van der Waals surface area (Å²) in [5.41, 5.74) is 2.10. The Morgan fingerprint density at radius 1 is 1.27 bits per heavy atom. The lowest BCUT2D eigenvalue weighted by Crippen LogP contribution is -2.17. The highest BCUT2D eigenvalue weighted by Gasteiger charge is 2.13. The highest BCUT2D eigenvalue weighted by molar-refractivity contribution is 6.06. The Labute approximate surface area is 150 Å². The number of carbonyl (C=O) groups is 1. The summed E-state index contributed by atoms with van der Waals surface area (Å²) in [5, 5.41) is 24.2. The third kappa shape index (κ3) is 3.87. The van der Waals surface area contributed by atoms with Crippen LogP contribution < -0.4 is 20.1 Å². The Bertz CT molecular complexity index is 915. The lowest BCUT2D eigenvalue weighted by atomic mass is 10.1. The van der Waals surface area contributed by atoms with Crippen molar-refractivity contribution in [1.29, 1.82) is 5.26 Å². The van der Waals surface area contributed by atoms with E-state index in [0.29, 0.717) is 29.3 Å². The van der Waals surface area contributed by atoms with Crippen molar-refractivity contribution in [2.24, 2.45) is 0 Å². The van der Waals surface area contributed by atoms with E-state index in [1.807, 2.05) is 24.3 Å². The highest BCUT2D eigenvalue weighted by Crippen LogP contribution is 2.32. The van der Waals surface area contributed by atoms with Crippen LogP contribution in [-0.2, 0) is 11.3 Å². The van der Waals surface area contributed by atoms with Crippen LogP contribution in [0.4, 0.5) is 5.69 Å². The van der Waals surface area contributed by atoms with Crippen molar-refractivity contribution in [1.82, 2.24) is 5.32 Å². The van der Waals surface area contributed by atoms with Gasteiger partial charge in [-0.05, 0) is 48.4 Å². The Kier molecular flexibility index (Phi) is 4.94. The SMILES string of the molecule is Cc1cc(O)ccc1NC(=O)/C(C#N)=C\NCc1ccc2c(c1)OCO2. The zero-order chi connectivity index (χ0) is 18.5. The first-order valence-electron chi connectivity index (χ1n) is 7.90. The summed E-state index contributed by atoms with van der Waals surface area (Å²) in [6, 6.07) is 12.0.